The number of nitrogens with one attached hydrogen (secondary N) is 3. The zero-order chi connectivity index (χ0) is 21.1. The summed E-state index contributed by atoms with van der Waals surface area (Å²) in [5, 5.41) is 23.7. The van der Waals surface area contributed by atoms with E-state index in [2.05, 4.69) is 36.4 Å². The molecule has 0 aliphatic carbocycles. The zero-order valence-electron chi connectivity index (χ0n) is 15.5. The molecule has 2 aromatic heterocycles. The molecule has 0 spiro atoms. The highest BCUT2D eigenvalue weighted by Crippen LogP contribution is 2.29. The second-order valence-electron chi connectivity index (χ2n) is 6.12. The number of methoxy groups -OCH3 is 1. The number of benzene rings is 2. The number of nitrogens with zero attached hydrogens (tertiary/aromatic N) is 4. The van der Waals surface area contributed by atoms with Crippen molar-refractivity contribution in [2.45, 2.75) is 0 Å². The van der Waals surface area contributed by atoms with Crippen molar-refractivity contribution in [1.82, 2.24) is 25.8 Å². The minimum Gasteiger partial charge on any atom is -0.375 e. The van der Waals surface area contributed by atoms with Crippen LogP contribution in [0.1, 0.15) is 10.5 Å². The number of fused-ring (bicyclic) bond motifs is 1. The van der Waals surface area contributed by atoms with Gasteiger partial charge < -0.3 is 19.9 Å². The molecule has 152 valence electrons. The topological polar surface area (TPSA) is 148 Å². The highest BCUT2D eigenvalue weighted by atomic mass is 35.5. The number of anilines is 2. The standard InChI is InChI=1S/C18H14ClN7O4/c1-29-8-15(27)20-10-3-5-14-12(7-10)16(24-30-14)18(28)21-13-4-2-9(19)6-11(13)17-22-25-26-23-17/h2-7H,8H2,1H3,(H,20,27)(H,21,28)(H,22,23,25,26). The van der Waals surface area contributed by atoms with Crippen LogP contribution in [-0.4, -0.2) is 51.3 Å². The van der Waals surface area contributed by atoms with Crippen molar-refractivity contribution in [3.05, 3.63) is 47.1 Å². The van der Waals surface area contributed by atoms with Crippen LogP contribution in [-0.2, 0) is 9.53 Å². The number of rotatable bonds is 6. The largest absolute Gasteiger partial charge is 0.375 e. The molecule has 0 bridgehead atoms. The monoisotopic (exact) mass is 427 g/mol. The number of aromatic amines is 1. The molecule has 2 amide bonds. The van der Waals surface area contributed by atoms with Crippen molar-refractivity contribution in [1.29, 1.82) is 0 Å². The number of H-pyrrole nitrogens is 1. The third kappa shape index (κ3) is 3.97. The van der Waals surface area contributed by atoms with Gasteiger partial charge in [-0.1, -0.05) is 16.8 Å². The lowest BCUT2D eigenvalue weighted by atomic mass is 10.1. The van der Waals surface area contributed by atoms with Gasteiger partial charge in [-0.3, -0.25) is 9.59 Å². The number of amides is 2. The Morgan fingerprint density at radius 1 is 1.20 bits per heavy atom. The maximum atomic E-state index is 12.9. The molecular weight excluding hydrogens is 414 g/mol. The number of carbonyl (C=O) groups is 2. The second-order valence-corrected chi connectivity index (χ2v) is 6.55. The Labute approximate surface area is 173 Å². The first-order valence-electron chi connectivity index (χ1n) is 8.58. The molecule has 0 unspecified atom stereocenters. The molecule has 3 N–H and O–H groups in total. The first-order chi connectivity index (χ1) is 14.5. The van der Waals surface area contributed by atoms with Crippen molar-refractivity contribution in [3.8, 4) is 11.4 Å². The predicted molar refractivity (Wildman–Crippen MR) is 107 cm³/mol. The molecule has 0 aliphatic rings. The summed E-state index contributed by atoms with van der Waals surface area (Å²) in [6.07, 6.45) is 0. The Bertz CT molecular complexity index is 1220. The summed E-state index contributed by atoms with van der Waals surface area (Å²) in [6.45, 7) is -0.0924. The lowest BCUT2D eigenvalue weighted by Crippen LogP contribution is -2.17. The van der Waals surface area contributed by atoms with E-state index in [-0.39, 0.29) is 18.2 Å². The molecule has 12 heteroatoms. The number of tetrazole rings is 1. The average molecular weight is 428 g/mol. The average Bonchev–Trinajstić information content (AvgIpc) is 3.39. The van der Waals surface area contributed by atoms with Gasteiger partial charge in [0.1, 0.15) is 6.61 Å². The number of hydrogen-bond acceptors (Lipinski definition) is 8. The van der Waals surface area contributed by atoms with Gasteiger partial charge in [-0.2, -0.15) is 0 Å². The summed E-state index contributed by atoms with van der Waals surface area (Å²) in [6, 6.07) is 9.69. The molecule has 2 aromatic carbocycles. The van der Waals surface area contributed by atoms with Gasteiger partial charge in [0.2, 0.25) is 5.91 Å². The predicted octanol–water partition coefficient (Wildman–Crippen LogP) is 2.50. The van der Waals surface area contributed by atoms with Gasteiger partial charge >= 0.3 is 0 Å². The van der Waals surface area contributed by atoms with E-state index in [1.165, 1.54) is 7.11 Å². The fourth-order valence-corrected chi connectivity index (χ4v) is 2.96. The van der Waals surface area contributed by atoms with Gasteiger partial charge in [-0.15, -0.1) is 5.10 Å². The Kier molecular flexibility index (Phi) is 5.37. The van der Waals surface area contributed by atoms with Crippen molar-refractivity contribution in [3.63, 3.8) is 0 Å². The molecule has 11 nitrogen and oxygen atoms in total. The van der Waals surface area contributed by atoms with Crippen molar-refractivity contribution in [2.24, 2.45) is 0 Å². The molecule has 4 rings (SSSR count). The molecule has 0 saturated carbocycles. The molecule has 0 aliphatic heterocycles. The zero-order valence-corrected chi connectivity index (χ0v) is 16.2. The van der Waals surface area contributed by atoms with Gasteiger partial charge in [-0.25, -0.2) is 5.10 Å². The van der Waals surface area contributed by atoms with Crippen LogP contribution < -0.4 is 10.6 Å². The Hall–Kier alpha value is -3.83. The van der Waals surface area contributed by atoms with Crippen LogP contribution in [0.25, 0.3) is 22.4 Å². The van der Waals surface area contributed by atoms with Crippen LogP contribution in [0.2, 0.25) is 5.02 Å². The minimum atomic E-state index is -0.523. The molecule has 0 fully saturated rings. The highest BCUT2D eigenvalue weighted by molar-refractivity contribution is 6.31. The van der Waals surface area contributed by atoms with E-state index in [1.54, 1.807) is 36.4 Å². The second kappa shape index (κ2) is 8.27. The van der Waals surface area contributed by atoms with Crippen LogP contribution in [0.4, 0.5) is 11.4 Å². The Balaban J connectivity index is 1.64. The van der Waals surface area contributed by atoms with Crippen molar-refractivity contribution < 1.29 is 18.8 Å². The molecule has 30 heavy (non-hydrogen) atoms. The fourth-order valence-electron chi connectivity index (χ4n) is 2.78. The van der Waals surface area contributed by atoms with E-state index in [0.717, 1.165) is 0 Å². The molecule has 0 saturated heterocycles. The molecule has 4 aromatic rings. The van der Waals surface area contributed by atoms with Crippen LogP contribution in [0.3, 0.4) is 0 Å². The molecule has 0 radical (unpaired) electrons. The van der Waals surface area contributed by atoms with Crippen LogP contribution >= 0.6 is 11.6 Å². The molecular formula is C18H14ClN7O4. The van der Waals surface area contributed by atoms with E-state index >= 15 is 0 Å². The van der Waals surface area contributed by atoms with E-state index in [4.69, 9.17) is 20.9 Å². The van der Waals surface area contributed by atoms with Gasteiger partial charge in [0.15, 0.2) is 17.1 Å². The van der Waals surface area contributed by atoms with E-state index in [0.29, 0.717) is 38.8 Å². The Morgan fingerprint density at radius 3 is 2.83 bits per heavy atom. The number of carbonyl (C=O) groups excluding carboxylic acids is 2. The van der Waals surface area contributed by atoms with Gasteiger partial charge in [0.05, 0.1) is 11.1 Å². The summed E-state index contributed by atoms with van der Waals surface area (Å²) in [5.41, 5.74) is 1.83. The summed E-state index contributed by atoms with van der Waals surface area (Å²) in [4.78, 5) is 24.6. The van der Waals surface area contributed by atoms with E-state index in [1.807, 2.05) is 0 Å². The Morgan fingerprint density at radius 2 is 2.07 bits per heavy atom. The summed E-state index contributed by atoms with van der Waals surface area (Å²) in [5.74, 6) is -0.517. The quantitative estimate of drug-likeness (QED) is 0.425. The summed E-state index contributed by atoms with van der Waals surface area (Å²) >= 11 is 6.06. The molecule has 0 atom stereocenters. The summed E-state index contributed by atoms with van der Waals surface area (Å²) in [7, 11) is 1.42. The third-order valence-corrected chi connectivity index (χ3v) is 4.31. The minimum absolute atomic E-state index is 0.0458. The van der Waals surface area contributed by atoms with Crippen LogP contribution in [0.15, 0.2) is 40.9 Å². The first-order valence-corrected chi connectivity index (χ1v) is 8.96. The number of hydrogen-bond donors (Lipinski definition) is 3. The fraction of sp³-hybridized carbons (Fsp3) is 0.111. The maximum Gasteiger partial charge on any atom is 0.278 e. The first kappa shape index (κ1) is 19.5. The van der Waals surface area contributed by atoms with E-state index in [9.17, 15) is 9.59 Å². The van der Waals surface area contributed by atoms with Gasteiger partial charge in [-0.05, 0) is 46.8 Å². The number of ether oxygens (including phenoxy) is 1. The summed E-state index contributed by atoms with van der Waals surface area (Å²) < 4.78 is 10.0. The highest BCUT2D eigenvalue weighted by Gasteiger charge is 2.19. The number of aromatic nitrogens is 5. The SMILES string of the molecule is COCC(=O)Nc1ccc2onc(C(=O)Nc3ccc(Cl)cc3-c3nnn[nH]3)c2c1. The smallest absolute Gasteiger partial charge is 0.278 e. The van der Waals surface area contributed by atoms with Crippen molar-refractivity contribution in [2.75, 3.05) is 24.4 Å². The molecule has 2 heterocycles. The lowest BCUT2D eigenvalue weighted by Gasteiger charge is -2.09. The lowest BCUT2D eigenvalue weighted by molar-refractivity contribution is -0.119. The van der Waals surface area contributed by atoms with Crippen LogP contribution in [0.5, 0.6) is 0 Å². The van der Waals surface area contributed by atoms with E-state index < -0.39 is 5.91 Å². The van der Waals surface area contributed by atoms with Gasteiger partial charge in [0.25, 0.3) is 5.91 Å². The normalized spacial score (nSPS) is 10.9. The van der Waals surface area contributed by atoms with Crippen LogP contribution in [0, 0.1) is 0 Å². The number of halogens is 1. The third-order valence-electron chi connectivity index (χ3n) is 4.07. The van der Waals surface area contributed by atoms with Crippen molar-refractivity contribution >= 4 is 45.8 Å². The maximum absolute atomic E-state index is 12.9. The van der Waals surface area contributed by atoms with Gasteiger partial charge in [0, 0.05) is 23.4 Å².